The lowest BCUT2D eigenvalue weighted by Crippen LogP contribution is -2.44. The Kier molecular flexibility index (Phi) is 4.19. The standard InChI is InChI=1S/C12H21N5O/c1-2-5-17-6-3-9(4-7-17)15-12(18)10-8-14-16-11(10)13/h8-9H,2-7H2,1H3,(H,15,18)(H3,13,14,16). The third kappa shape index (κ3) is 3.01. The number of anilines is 1. The molecule has 0 radical (unpaired) electrons. The van der Waals surface area contributed by atoms with Crippen LogP contribution >= 0.6 is 0 Å². The Bertz CT molecular complexity index is 395. The van der Waals surface area contributed by atoms with E-state index in [1.165, 1.54) is 12.6 Å². The Morgan fingerprint density at radius 2 is 2.33 bits per heavy atom. The number of nitrogens with two attached hydrogens (primary N) is 1. The van der Waals surface area contributed by atoms with E-state index in [-0.39, 0.29) is 11.9 Å². The molecule has 1 aromatic heterocycles. The van der Waals surface area contributed by atoms with Gasteiger partial charge in [0.15, 0.2) is 0 Å². The van der Waals surface area contributed by atoms with Crippen LogP contribution in [-0.2, 0) is 0 Å². The molecule has 1 aromatic rings. The summed E-state index contributed by atoms with van der Waals surface area (Å²) in [4.78, 5) is 14.4. The van der Waals surface area contributed by atoms with Crippen LogP contribution in [0.3, 0.4) is 0 Å². The number of aromatic amines is 1. The molecule has 0 aliphatic carbocycles. The zero-order valence-electron chi connectivity index (χ0n) is 10.8. The smallest absolute Gasteiger partial charge is 0.256 e. The van der Waals surface area contributed by atoms with Gasteiger partial charge in [0.1, 0.15) is 11.4 Å². The fraction of sp³-hybridized carbons (Fsp3) is 0.667. The van der Waals surface area contributed by atoms with Crippen molar-refractivity contribution in [3.8, 4) is 0 Å². The van der Waals surface area contributed by atoms with Gasteiger partial charge < -0.3 is 16.0 Å². The quantitative estimate of drug-likeness (QED) is 0.731. The first-order valence-corrected chi connectivity index (χ1v) is 6.52. The molecule has 1 aliphatic rings. The monoisotopic (exact) mass is 251 g/mol. The highest BCUT2D eigenvalue weighted by atomic mass is 16.1. The molecule has 0 unspecified atom stereocenters. The van der Waals surface area contributed by atoms with Crippen LogP contribution in [-0.4, -0.2) is 46.7 Å². The number of likely N-dealkylation sites (tertiary alicyclic amines) is 1. The largest absolute Gasteiger partial charge is 0.383 e. The van der Waals surface area contributed by atoms with Gasteiger partial charge in [-0.25, -0.2) is 0 Å². The number of carbonyl (C=O) groups excluding carboxylic acids is 1. The molecule has 100 valence electrons. The summed E-state index contributed by atoms with van der Waals surface area (Å²) in [6.45, 7) is 5.45. The van der Waals surface area contributed by atoms with Gasteiger partial charge in [-0.1, -0.05) is 6.92 Å². The van der Waals surface area contributed by atoms with Crippen LogP contribution < -0.4 is 11.1 Å². The van der Waals surface area contributed by atoms with E-state index in [4.69, 9.17) is 5.73 Å². The molecule has 0 bridgehead atoms. The van der Waals surface area contributed by atoms with Gasteiger partial charge in [-0.05, 0) is 25.8 Å². The van der Waals surface area contributed by atoms with E-state index in [1.807, 2.05) is 0 Å². The van der Waals surface area contributed by atoms with Gasteiger partial charge >= 0.3 is 0 Å². The predicted octanol–water partition coefficient (Wildman–Crippen LogP) is 0.596. The maximum Gasteiger partial charge on any atom is 0.256 e. The first-order valence-electron chi connectivity index (χ1n) is 6.52. The molecule has 1 amide bonds. The third-order valence-corrected chi connectivity index (χ3v) is 3.38. The number of nitrogens with one attached hydrogen (secondary N) is 2. The minimum Gasteiger partial charge on any atom is -0.383 e. The van der Waals surface area contributed by atoms with Crippen LogP contribution in [0.15, 0.2) is 6.20 Å². The maximum atomic E-state index is 11.9. The van der Waals surface area contributed by atoms with Crippen molar-refractivity contribution in [1.82, 2.24) is 20.4 Å². The van der Waals surface area contributed by atoms with E-state index in [0.717, 1.165) is 32.5 Å². The summed E-state index contributed by atoms with van der Waals surface area (Å²) in [5.74, 6) is 0.200. The summed E-state index contributed by atoms with van der Waals surface area (Å²) in [6.07, 6.45) is 4.66. The van der Waals surface area contributed by atoms with Crippen LogP contribution in [0.25, 0.3) is 0 Å². The summed E-state index contributed by atoms with van der Waals surface area (Å²) < 4.78 is 0. The number of nitrogens with zero attached hydrogens (tertiary/aromatic N) is 2. The lowest BCUT2D eigenvalue weighted by molar-refractivity contribution is 0.0912. The molecule has 2 heterocycles. The van der Waals surface area contributed by atoms with Gasteiger partial charge in [-0.2, -0.15) is 5.10 Å². The van der Waals surface area contributed by atoms with Gasteiger partial charge in [0.25, 0.3) is 5.91 Å². The zero-order chi connectivity index (χ0) is 13.0. The molecule has 6 heteroatoms. The molecule has 18 heavy (non-hydrogen) atoms. The van der Waals surface area contributed by atoms with Crippen molar-refractivity contribution in [2.24, 2.45) is 0 Å². The summed E-state index contributed by atoms with van der Waals surface area (Å²) in [7, 11) is 0. The molecule has 0 saturated carbocycles. The van der Waals surface area contributed by atoms with Crippen LogP contribution in [0.2, 0.25) is 0 Å². The Morgan fingerprint density at radius 1 is 1.61 bits per heavy atom. The molecular formula is C12H21N5O. The molecule has 4 N–H and O–H groups in total. The summed E-state index contributed by atoms with van der Waals surface area (Å²) in [5.41, 5.74) is 6.06. The van der Waals surface area contributed by atoms with E-state index >= 15 is 0 Å². The molecule has 1 fully saturated rings. The number of nitrogen functional groups attached to an aromatic ring is 1. The average molecular weight is 251 g/mol. The molecule has 0 spiro atoms. The van der Waals surface area contributed by atoms with Crippen LogP contribution in [0, 0.1) is 0 Å². The highest BCUT2D eigenvalue weighted by molar-refractivity contribution is 5.98. The lowest BCUT2D eigenvalue weighted by atomic mass is 10.0. The van der Waals surface area contributed by atoms with Crippen molar-refractivity contribution >= 4 is 11.7 Å². The first-order chi connectivity index (χ1) is 8.70. The Balaban J connectivity index is 1.81. The van der Waals surface area contributed by atoms with Gasteiger partial charge in [-0.3, -0.25) is 9.89 Å². The molecule has 2 rings (SSSR count). The van der Waals surface area contributed by atoms with Crippen LogP contribution in [0.5, 0.6) is 0 Å². The molecule has 0 atom stereocenters. The second kappa shape index (κ2) is 5.86. The number of carbonyl (C=O) groups is 1. The minimum atomic E-state index is -0.129. The van der Waals surface area contributed by atoms with E-state index in [1.54, 1.807) is 0 Å². The molecular weight excluding hydrogens is 230 g/mol. The number of hydrogen-bond donors (Lipinski definition) is 3. The molecule has 1 saturated heterocycles. The van der Waals surface area contributed by atoms with Gasteiger partial charge in [0.05, 0.1) is 6.20 Å². The van der Waals surface area contributed by atoms with Crippen LogP contribution in [0.4, 0.5) is 5.82 Å². The number of amides is 1. The zero-order valence-corrected chi connectivity index (χ0v) is 10.8. The second-order valence-corrected chi connectivity index (χ2v) is 4.79. The molecule has 0 aromatic carbocycles. The van der Waals surface area contributed by atoms with Crippen molar-refractivity contribution in [1.29, 1.82) is 0 Å². The van der Waals surface area contributed by atoms with Crippen molar-refractivity contribution in [2.75, 3.05) is 25.4 Å². The Labute approximate surface area is 107 Å². The topological polar surface area (TPSA) is 87.0 Å². The Hall–Kier alpha value is -1.56. The normalized spacial score (nSPS) is 17.8. The summed E-state index contributed by atoms with van der Waals surface area (Å²) >= 11 is 0. The fourth-order valence-corrected chi connectivity index (χ4v) is 2.36. The fourth-order valence-electron chi connectivity index (χ4n) is 2.36. The SMILES string of the molecule is CCCN1CCC(NC(=O)c2cn[nH]c2N)CC1. The number of aromatic nitrogens is 2. The van der Waals surface area contributed by atoms with Gasteiger partial charge in [0, 0.05) is 19.1 Å². The number of rotatable bonds is 4. The number of hydrogen-bond acceptors (Lipinski definition) is 4. The second-order valence-electron chi connectivity index (χ2n) is 4.79. The highest BCUT2D eigenvalue weighted by Crippen LogP contribution is 2.12. The minimum absolute atomic E-state index is 0.129. The van der Waals surface area contributed by atoms with Crippen molar-refractivity contribution in [3.05, 3.63) is 11.8 Å². The van der Waals surface area contributed by atoms with E-state index in [0.29, 0.717) is 11.4 Å². The van der Waals surface area contributed by atoms with Crippen molar-refractivity contribution in [3.63, 3.8) is 0 Å². The van der Waals surface area contributed by atoms with E-state index in [9.17, 15) is 4.79 Å². The first kappa shape index (κ1) is 12.9. The number of piperidine rings is 1. The van der Waals surface area contributed by atoms with E-state index < -0.39 is 0 Å². The van der Waals surface area contributed by atoms with Crippen molar-refractivity contribution in [2.45, 2.75) is 32.2 Å². The summed E-state index contributed by atoms with van der Waals surface area (Å²) in [6, 6.07) is 0.250. The maximum absolute atomic E-state index is 11.9. The highest BCUT2D eigenvalue weighted by Gasteiger charge is 2.21. The molecule has 1 aliphatic heterocycles. The van der Waals surface area contributed by atoms with Crippen molar-refractivity contribution < 1.29 is 4.79 Å². The lowest BCUT2D eigenvalue weighted by Gasteiger charge is -2.32. The number of H-pyrrole nitrogens is 1. The third-order valence-electron chi connectivity index (χ3n) is 3.38. The van der Waals surface area contributed by atoms with Gasteiger partial charge in [0.2, 0.25) is 0 Å². The van der Waals surface area contributed by atoms with E-state index in [2.05, 4.69) is 27.3 Å². The predicted molar refractivity (Wildman–Crippen MR) is 70.2 cm³/mol. The average Bonchev–Trinajstić information content (AvgIpc) is 2.78. The Morgan fingerprint density at radius 3 is 2.89 bits per heavy atom. The van der Waals surface area contributed by atoms with Crippen LogP contribution in [0.1, 0.15) is 36.5 Å². The van der Waals surface area contributed by atoms with Gasteiger partial charge in [-0.15, -0.1) is 0 Å². The molecule has 6 nitrogen and oxygen atoms in total. The summed E-state index contributed by atoms with van der Waals surface area (Å²) in [5, 5.41) is 9.34.